The van der Waals surface area contributed by atoms with Crippen molar-refractivity contribution in [2.75, 3.05) is 18.0 Å². The minimum atomic E-state index is 0.535. The summed E-state index contributed by atoms with van der Waals surface area (Å²) in [6.45, 7) is 6.38. The summed E-state index contributed by atoms with van der Waals surface area (Å²) >= 11 is 0. The van der Waals surface area contributed by atoms with E-state index in [1.807, 2.05) is 30.4 Å². The van der Waals surface area contributed by atoms with Gasteiger partial charge in [-0.2, -0.15) is 0 Å². The summed E-state index contributed by atoms with van der Waals surface area (Å²) in [5, 5.41) is 7.74. The quantitative estimate of drug-likeness (QED) is 0.773. The van der Waals surface area contributed by atoms with Crippen molar-refractivity contribution in [2.45, 2.75) is 13.8 Å². The fraction of sp³-hybridized carbons (Fsp3) is 0.174. The maximum Gasteiger partial charge on any atom is 0.0540 e. The standard InChI is InChI=1S/C23H24N2/c1-3-25(4-2)22-16-12-20(13-17-22)23(18-8-6-5-7-9-18)19-10-14-21(24)15-11-19/h5-17,24H,3-4H2,1-2H3. The summed E-state index contributed by atoms with van der Waals surface area (Å²) in [4.78, 5) is 2.35. The molecule has 0 saturated carbocycles. The highest BCUT2D eigenvalue weighted by Crippen LogP contribution is 2.30. The Bertz CT molecular complexity index is 802. The number of rotatable bonds is 5. The predicted octanol–water partition coefficient (Wildman–Crippen LogP) is 5.48. The number of nitrogens with zero attached hydrogens (tertiary/aromatic N) is 1. The van der Waals surface area contributed by atoms with Crippen LogP contribution in [0.1, 0.15) is 25.0 Å². The molecule has 0 radical (unpaired) electrons. The number of anilines is 1. The molecule has 1 N–H and O–H groups in total. The average Bonchev–Trinajstić information content (AvgIpc) is 2.67. The molecule has 2 nitrogen and oxygen atoms in total. The van der Waals surface area contributed by atoms with E-state index in [2.05, 4.69) is 67.3 Å². The van der Waals surface area contributed by atoms with Crippen molar-refractivity contribution < 1.29 is 0 Å². The molecule has 0 atom stereocenters. The van der Waals surface area contributed by atoms with E-state index in [4.69, 9.17) is 5.41 Å². The van der Waals surface area contributed by atoms with Crippen LogP contribution in [0.4, 0.5) is 5.69 Å². The van der Waals surface area contributed by atoms with Gasteiger partial charge >= 0.3 is 0 Å². The van der Waals surface area contributed by atoms with E-state index in [1.54, 1.807) is 0 Å². The molecule has 0 aliphatic heterocycles. The Morgan fingerprint density at radius 1 is 0.760 bits per heavy atom. The molecule has 2 heteroatoms. The molecule has 2 aromatic carbocycles. The Balaban J connectivity index is 2.07. The molecule has 0 heterocycles. The zero-order chi connectivity index (χ0) is 17.6. The van der Waals surface area contributed by atoms with E-state index in [9.17, 15) is 0 Å². The smallest absolute Gasteiger partial charge is 0.0540 e. The Labute approximate surface area is 150 Å². The summed E-state index contributed by atoms with van der Waals surface area (Å²) in [5.74, 6) is 0. The molecule has 0 spiro atoms. The van der Waals surface area contributed by atoms with Crippen LogP contribution in [-0.2, 0) is 0 Å². The van der Waals surface area contributed by atoms with Gasteiger partial charge in [0, 0.05) is 18.8 Å². The highest BCUT2D eigenvalue weighted by molar-refractivity contribution is 6.05. The second-order valence-electron chi connectivity index (χ2n) is 6.04. The van der Waals surface area contributed by atoms with Gasteiger partial charge in [0.15, 0.2) is 0 Å². The number of benzene rings is 2. The van der Waals surface area contributed by atoms with Crippen molar-refractivity contribution >= 4 is 17.0 Å². The molecule has 0 unspecified atom stereocenters. The first kappa shape index (κ1) is 17.0. The van der Waals surface area contributed by atoms with Gasteiger partial charge in [0.2, 0.25) is 0 Å². The minimum Gasteiger partial charge on any atom is -0.372 e. The zero-order valence-corrected chi connectivity index (χ0v) is 14.9. The molecular formula is C23H24N2. The Hall–Kier alpha value is -2.87. The van der Waals surface area contributed by atoms with E-state index >= 15 is 0 Å². The number of hydrogen-bond acceptors (Lipinski definition) is 2. The summed E-state index contributed by atoms with van der Waals surface area (Å²) in [7, 11) is 0. The Morgan fingerprint density at radius 2 is 1.32 bits per heavy atom. The fourth-order valence-electron chi connectivity index (χ4n) is 3.17. The van der Waals surface area contributed by atoms with E-state index in [0.717, 1.165) is 18.7 Å². The van der Waals surface area contributed by atoms with Gasteiger partial charge in [0.1, 0.15) is 0 Å². The van der Waals surface area contributed by atoms with Gasteiger partial charge in [-0.25, -0.2) is 0 Å². The first-order valence-corrected chi connectivity index (χ1v) is 8.82. The molecule has 1 aliphatic rings. The van der Waals surface area contributed by atoms with Crippen LogP contribution in [0.15, 0.2) is 84.5 Å². The zero-order valence-electron chi connectivity index (χ0n) is 14.9. The number of nitrogens with one attached hydrogen (secondary N) is 1. The van der Waals surface area contributed by atoms with E-state index in [0.29, 0.717) is 5.71 Å². The maximum atomic E-state index is 7.74. The first-order valence-electron chi connectivity index (χ1n) is 8.82. The summed E-state index contributed by atoms with van der Waals surface area (Å²) < 4.78 is 0. The fourth-order valence-corrected chi connectivity index (χ4v) is 3.17. The van der Waals surface area contributed by atoms with Crippen molar-refractivity contribution in [2.24, 2.45) is 0 Å². The minimum absolute atomic E-state index is 0.535. The van der Waals surface area contributed by atoms with Crippen LogP contribution in [-0.4, -0.2) is 18.8 Å². The Kier molecular flexibility index (Phi) is 5.30. The third-order valence-electron chi connectivity index (χ3n) is 4.52. The number of hydrogen-bond donors (Lipinski definition) is 1. The van der Waals surface area contributed by atoms with Gasteiger partial charge in [-0.1, -0.05) is 54.6 Å². The highest BCUT2D eigenvalue weighted by atomic mass is 15.1. The van der Waals surface area contributed by atoms with Crippen LogP contribution in [0.5, 0.6) is 0 Å². The van der Waals surface area contributed by atoms with Gasteiger partial charge in [-0.05, 0) is 60.4 Å². The topological polar surface area (TPSA) is 27.1 Å². The third-order valence-corrected chi connectivity index (χ3v) is 4.52. The molecule has 25 heavy (non-hydrogen) atoms. The van der Waals surface area contributed by atoms with Gasteiger partial charge < -0.3 is 10.3 Å². The van der Waals surface area contributed by atoms with E-state index in [-0.39, 0.29) is 0 Å². The van der Waals surface area contributed by atoms with E-state index < -0.39 is 0 Å². The molecule has 2 aromatic rings. The number of allylic oxidation sites excluding steroid dienone is 5. The van der Waals surface area contributed by atoms with Crippen LogP contribution in [0.2, 0.25) is 0 Å². The lowest BCUT2D eigenvalue weighted by molar-refractivity contribution is 0.866. The lowest BCUT2D eigenvalue weighted by atomic mass is 9.91. The molecular weight excluding hydrogens is 304 g/mol. The predicted molar refractivity (Wildman–Crippen MR) is 108 cm³/mol. The molecule has 126 valence electrons. The molecule has 0 bridgehead atoms. The van der Waals surface area contributed by atoms with E-state index in [1.165, 1.54) is 22.4 Å². The second kappa shape index (κ2) is 7.80. The summed E-state index contributed by atoms with van der Waals surface area (Å²) in [5.41, 5.74) is 6.51. The lowest BCUT2D eigenvalue weighted by Gasteiger charge is -2.22. The van der Waals surface area contributed by atoms with Gasteiger partial charge in [0.05, 0.1) is 5.71 Å². The van der Waals surface area contributed by atoms with Crippen molar-refractivity contribution in [3.63, 3.8) is 0 Å². The van der Waals surface area contributed by atoms with Crippen molar-refractivity contribution in [3.8, 4) is 0 Å². The lowest BCUT2D eigenvalue weighted by Crippen LogP contribution is -2.21. The van der Waals surface area contributed by atoms with Crippen LogP contribution >= 0.6 is 0 Å². The maximum absolute atomic E-state index is 7.74. The third kappa shape index (κ3) is 3.80. The largest absolute Gasteiger partial charge is 0.372 e. The molecule has 1 aliphatic carbocycles. The van der Waals surface area contributed by atoms with Crippen LogP contribution in [0.3, 0.4) is 0 Å². The van der Waals surface area contributed by atoms with Gasteiger partial charge in [-0.15, -0.1) is 0 Å². The summed E-state index contributed by atoms with van der Waals surface area (Å²) in [6, 6.07) is 19.3. The van der Waals surface area contributed by atoms with Crippen molar-refractivity contribution in [1.82, 2.24) is 0 Å². The SMILES string of the molecule is CCN(CC)c1ccc(C(=C2C=CC(=N)C=C2)c2ccccc2)cc1. The molecule has 0 saturated heterocycles. The highest BCUT2D eigenvalue weighted by Gasteiger charge is 2.11. The average molecular weight is 328 g/mol. The first-order chi connectivity index (χ1) is 12.2. The summed E-state index contributed by atoms with van der Waals surface area (Å²) in [6.07, 6.45) is 7.76. The van der Waals surface area contributed by atoms with Crippen molar-refractivity contribution in [1.29, 1.82) is 5.41 Å². The van der Waals surface area contributed by atoms with Gasteiger partial charge in [0.25, 0.3) is 0 Å². The normalized spacial score (nSPS) is 13.2. The molecule has 0 fully saturated rings. The molecule has 3 rings (SSSR count). The monoisotopic (exact) mass is 328 g/mol. The second-order valence-corrected chi connectivity index (χ2v) is 6.04. The van der Waals surface area contributed by atoms with Crippen LogP contribution < -0.4 is 4.90 Å². The van der Waals surface area contributed by atoms with Crippen LogP contribution in [0.25, 0.3) is 5.57 Å². The van der Waals surface area contributed by atoms with Crippen LogP contribution in [0, 0.1) is 5.41 Å². The Morgan fingerprint density at radius 3 is 1.88 bits per heavy atom. The molecule has 0 aromatic heterocycles. The van der Waals surface area contributed by atoms with Crippen molar-refractivity contribution in [3.05, 3.63) is 95.6 Å². The van der Waals surface area contributed by atoms with Gasteiger partial charge in [-0.3, -0.25) is 0 Å². The molecule has 0 amide bonds.